The van der Waals surface area contributed by atoms with Crippen molar-refractivity contribution in [3.8, 4) is 0 Å². The Bertz CT molecular complexity index is 947. The van der Waals surface area contributed by atoms with E-state index in [4.69, 9.17) is 0 Å². The number of halogens is 2. The van der Waals surface area contributed by atoms with Crippen molar-refractivity contribution >= 4 is 17.3 Å². The van der Waals surface area contributed by atoms with Crippen LogP contribution in [0.3, 0.4) is 0 Å². The van der Waals surface area contributed by atoms with E-state index >= 15 is 0 Å². The lowest BCUT2D eigenvalue weighted by Gasteiger charge is -2.35. The fourth-order valence-electron chi connectivity index (χ4n) is 4.37. The number of rotatable bonds is 8. The van der Waals surface area contributed by atoms with Gasteiger partial charge < -0.3 is 10.2 Å². The van der Waals surface area contributed by atoms with E-state index < -0.39 is 11.6 Å². The summed E-state index contributed by atoms with van der Waals surface area (Å²) in [4.78, 5) is 14.6. The fraction of sp³-hybridized carbons (Fsp3) is 0.423. The highest BCUT2D eigenvalue weighted by Gasteiger charge is 2.29. The van der Waals surface area contributed by atoms with Gasteiger partial charge in [0.2, 0.25) is 5.91 Å². The summed E-state index contributed by atoms with van der Waals surface area (Å²) in [6, 6.07) is 7.86. The van der Waals surface area contributed by atoms with Crippen LogP contribution < -0.4 is 10.2 Å². The van der Waals surface area contributed by atoms with Gasteiger partial charge >= 0.3 is 0 Å². The van der Waals surface area contributed by atoms with E-state index in [0.717, 1.165) is 53.5 Å². The Morgan fingerprint density at radius 3 is 2.55 bits per heavy atom. The van der Waals surface area contributed by atoms with Gasteiger partial charge in [0.25, 0.3) is 0 Å². The van der Waals surface area contributed by atoms with Crippen molar-refractivity contribution in [2.45, 2.75) is 52.9 Å². The Morgan fingerprint density at radius 1 is 1.19 bits per heavy atom. The molecule has 2 aromatic rings. The van der Waals surface area contributed by atoms with E-state index in [9.17, 15) is 13.6 Å². The van der Waals surface area contributed by atoms with Crippen molar-refractivity contribution in [1.29, 1.82) is 0 Å². The SMILES string of the molecule is C=C(NCCCC)c1cc(C)c(N2CC(Cc3ccc(F)cc3F)CCC2=O)c(C)c1. The lowest BCUT2D eigenvalue weighted by atomic mass is 9.89. The molecule has 1 saturated heterocycles. The van der Waals surface area contributed by atoms with Crippen LogP contribution in [0.25, 0.3) is 5.70 Å². The summed E-state index contributed by atoms with van der Waals surface area (Å²) in [7, 11) is 0. The first-order valence-corrected chi connectivity index (χ1v) is 11.1. The molecule has 0 saturated carbocycles. The van der Waals surface area contributed by atoms with Crippen LogP contribution in [0.5, 0.6) is 0 Å². The second kappa shape index (κ2) is 10.1. The number of amides is 1. The molecule has 3 nitrogen and oxygen atoms in total. The van der Waals surface area contributed by atoms with Crippen LogP contribution in [0.2, 0.25) is 0 Å². The summed E-state index contributed by atoms with van der Waals surface area (Å²) in [5.74, 6) is -0.871. The van der Waals surface area contributed by atoms with Gasteiger partial charge in [0.15, 0.2) is 0 Å². The molecule has 1 fully saturated rings. The van der Waals surface area contributed by atoms with Crippen molar-refractivity contribution in [1.82, 2.24) is 5.32 Å². The topological polar surface area (TPSA) is 32.3 Å². The van der Waals surface area contributed by atoms with E-state index in [1.807, 2.05) is 18.7 Å². The average molecular weight is 427 g/mol. The normalized spacial score (nSPS) is 16.5. The Labute approximate surface area is 184 Å². The number of unbranched alkanes of at least 4 members (excludes halogenated alkanes) is 1. The van der Waals surface area contributed by atoms with Crippen molar-refractivity contribution in [3.63, 3.8) is 0 Å². The Kier molecular flexibility index (Phi) is 7.47. The minimum absolute atomic E-state index is 0.0923. The maximum Gasteiger partial charge on any atom is 0.227 e. The van der Waals surface area contributed by atoms with Gasteiger partial charge in [-0.2, -0.15) is 0 Å². The number of carbonyl (C=O) groups excluding carboxylic acids is 1. The lowest BCUT2D eigenvalue weighted by molar-refractivity contribution is -0.120. The second-order valence-corrected chi connectivity index (χ2v) is 8.57. The number of nitrogens with one attached hydrogen (secondary N) is 1. The summed E-state index contributed by atoms with van der Waals surface area (Å²) in [5, 5.41) is 3.37. The molecule has 1 heterocycles. The minimum atomic E-state index is -0.571. The Morgan fingerprint density at radius 2 is 1.90 bits per heavy atom. The molecule has 3 rings (SSSR count). The largest absolute Gasteiger partial charge is 0.385 e. The van der Waals surface area contributed by atoms with E-state index in [2.05, 4.69) is 31.0 Å². The van der Waals surface area contributed by atoms with Crippen LogP contribution in [0.15, 0.2) is 36.9 Å². The summed E-state index contributed by atoms with van der Waals surface area (Å²) < 4.78 is 27.3. The first-order chi connectivity index (χ1) is 14.8. The third kappa shape index (κ3) is 5.52. The van der Waals surface area contributed by atoms with Crippen molar-refractivity contribution in [2.24, 2.45) is 5.92 Å². The third-order valence-electron chi connectivity index (χ3n) is 6.01. The van der Waals surface area contributed by atoms with Crippen LogP contribution in [0.4, 0.5) is 14.5 Å². The number of aryl methyl sites for hydroxylation is 2. The van der Waals surface area contributed by atoms with Crippen molar-refractivity contribution in [2.75, 3.05) is 18.0 Å². The van der Waals surface area contributed by atoms with Crippen molar-refractivity contribution in [3.05, 3.63) is 70.8 Å². The highest BCUT2D eigenvalue weighted by Crippen LogP contribution is 2.33. The highest BCUT2D eigenvalue weighted by molar-refractivity contribution is 5.96. The average Bonchev–Trinajstić information content (AvgIpc) is 2.71. The molecule has 0 radical (unpaired) electrons. The molecule has 0 aliphatic carbocycles. The van der Waals surface area contributed by atoms with Gasteiger partial charge in [0.1, 0.15) is 11.6 Å². The highest BCUT2D eigenvalue weighted by atomic mass is 19.1. The van der Waals surface area contributed by atoms with Gasteiger partial charge in [0, 0.05) is 37.0 Å². The number of hydrogen-bond donors (Lipinski definition) is 1. The molecular formula is C26H32F2N2O. The summed E-state index contributed by atoms with van der Waals surface area (Å²) in [5.41, 5.74) is 5.40. The number of piperidine rings is 1. The zero-order valence-electron chi connectivity index (χ0n) is 18.7. The van der Waals surface area contributed by atoms with Gasteiger partial charge in [-0.1, -0.05) is 26.0 Å². The monoisotopic (exact) mass is 426 g/mol. The van der Waals surface area contributed by atoms with Gasteiger partial charge in [-0.3, -0.25) is 4.79 Å². The molecule has 0 aromatic heterocycles. The zero-order chi connectivity index (χ0) is 22.5. The number of anilines is 1. The van der Waals surface area contributed by atoms with E-state index in [1.54, 1.807) is 0 Å². The van der Waals surface area contributed by atoms with Gasteiger partial charge in [-0.15, -0.1) is 0 Å². The number of hydrogen-bond acceptors (Lipinski definition) is 2. The third-order valence-corrected chi connectivity index (χ3v) is 6.01. The van der Waals surface area contributed by atoms with Crippen molar-refractivity contribution < 1.29 is 13.6 Å². The maximum absolute atomic E-state index is 14.1. The van der Waals surface area contributed by atoms with E-state index in [0.29, 0.717) is 31.4 Å². The molecule has 1 aliphatic rings. The fourth-order valence-corrected chi connectivity index (χ4v) is 4.37. The van der Waals surface area contributed by atoms with Crippen LogP contribution in [-0.4, -0.2) is 19.0 Å². The predicted molar refractivity (Wildman–Crippen MR) is 123 cm³/mol. The predicted octanol–water partition coefficient (Wildman–Crippen LogP) is 5.93. The quantitative estimate of drug-likeness (QED) is 0.531. The van der Waals surface area contributed by atoms with Gasteiger partial charge in [0.05, 0.1) is 0 Å². The minimum Gasteiger partial charge on any atom is -0.385 e. The van der Waals surface area contributed by atoms with Crippen LogP contribution >= 0.6 is 0 Å². The summed E-state index contributed by atoms with van der Waals surface area (Å²) >= 11 is 0. The smallest absolute Gasteiger partial charge is 0.227 e. The molecule has 1 N–H and O–H groups in total. The summed E-state index contributed by atoms with van der Waals surface area (Å²) in [6.45, 7) is 11.8. The lowest BCUT2D eigenvalue weighted by Crippen LogP contribution is -2.41. The zero-order valence-corrected chi connectivity index (χ0v) is 18.7. The molecule has 1 unspecified atom stereocenters. The second-order valence-electron chi connectivity index (χ2n) is 8.57. The Hall–Kier alpha value is -2.69. The number of carbonyl (C=O) groups is 1. The Balaban J connectivity index is 1.78. The molecule has 31 heavy (non-hydrogen) atoms. The molecule has 0 bridgehead atoms. The molecule has 5 heteroatoms. The number of benzene rings is 2. The molecule has 1 aliphatic heterocycles. The standard InChI is InChI=1S/C26H32F2N2O/c1-5-6-11-29-19(4)22-12-17(2)26(18(3)13-22)30-16-20(7-10-25(30)31)14-21-8-9-23(27)15-24(21)28/h8-9,12-13,15,20,29H,4-7,10-11,14,16H2,1-3H3. The van der Waals surface area contributed by atoms with Gasteiger partial charge in [-0.05, 0) is 79.5 Å². The van der Waals surface area contributed by atoms with Gasteiger partial charge in [-0.25, -0.2) is 8.78 Å². The molecular weight excluding hydrogens is 394 g/mol. The number of nitrogens with zero attached hydrogens (tertiary/aromatic N) is 1. The van der Waals surface area contributed by atoms with Crippen LogP contribution in [-0.2, 0) is 11.2 Å². The van der Waals surface area contributed by atoms with E-state index in [-0.39, 0.29) is 11.8 Å². The maximum atomic E-state index is 14.1. The molecule has 166 valence electrons. The first-order valence-electron chi connectivity index (χ1n) is 11.1. The van der Waals surface area contributed by atoms with Crippen LogP contribution in [0, 0.1) is 31.4 Å². The first kappa shape index (κ1) is 23.0. The molecule has 2 aromatic carbocycles. The molecule has 0 spiro atoms. The molecule has 1 atom stereocenters. The summed E-state index contributed by atoms with van der Waals surface area (Å²) in [6.07, 6.45) is 3.84. The molecule has 1 amide bonds. The van der Waals surface area contributed by atoms with E-state index in [1.165, 1.54) is 12.1 Å². The van der Waals surface area contributed by atoms with Crippen LogP contribution in [0.1, 0.15) is 54.9 Å².